The molecule has 1 aliphatic heterocycles. The Morgan fingerprint density at radius 2 is 1.85 bits per heavy atom. The average molecular weight is 460 g/mol. The summed E-state index contributed by atoms with van der Waals surface area (Å²) in [5.41, 5.74) is 1.08. The summed E-state index contributed by atoms with van der Waals surface area (Å²) in [4.78, 5) is 31.0. The highest BCUT2D eigenvalue weighted by molar-refractivity contribution is 5.95. The first-order valence-corrected chi connectivity index (χ1v) is 10.6. The molecule has 0 aliphatic carbocycles. The number of halogens is 3. The van der Waals surface area contributed by atoms with Crippen LogP contribution in [0.2, 0.25) is 0 Å². The van der Waals surface area contributed by atoms with Gasteiger partial charge in [-0.3, -0.25) is 14.5 Å². The lowest BCUT2D eigenvalue weighted by atomic mass is 9.95. The van der Waals surface area contributed by atoms with Crippen molar-refractivity contribution in [2.75, 3.05) is 25.0 Å². The number of hydrogen-bond acceptors (Lipinski definition) is 5. The van der Waals surface area contributed by atoms with Crippen LogP contribution < -0.4 is 10.6 Å². The van der Waals surface area contributed by atoms with Gasteiger partial charge in [-0.2, -0.15) is 0 Å². The molecule has 0 radical (unpaired) electrons. The van der Waals surface area contributed by atoms with E-state index >= 15 is 0 Å². The molecular formula is C23H23F3N4O3. The first kappa shape index (κ1) is 22.8. The van der Waals surface area contributed by atoms with Gasteiger partial charge in [-0.25, -0.2) is 18.2 Å². The Morgan fingerprint density at radius 1 is 1.12 bits per heavy atom. The van der Waals surface area contributed by atoms with Crippen LogP contribution in [0.5, 0.6) is 0 Å². The molecule has 2 N–H and O–H groups in total. The fourth-order valence-corrected chi connectivity index (χ4v) is 3.90. The number of piperidine rings is 1. The number of hydrogen-bond donors (Lipinski definition) is 2. The summed E-state index contributed by atoms with van der Waals surface area (Å²) in [6.07, 6.45) is 1.56. The molecule has 1 saturated heterocycles. The van der Waals surface area contributed by atoms with E-state index in [0.717, 1.165) is 30.0 Å². The highest BCUT2D eigenvalue weighted by Crippen LogP contribution is 2.30. The first-order valence-electron chi connectivity index (χ1n) is 10.6. The second-order valence-electron chi connectivity index (χ2n) is 7.99. The molecule has 1 fully saturated rings. The van der Waals surface area contributed by atoms with Gasteiger partial charge in [0.25, 0.3) is 0 Å². The Bertz CT molecular complexity index is 1140. The molecule has 0 bridgehead atoms. The van der Waals surface area contributed by atoms with E-state index in [1.54, 1.807) is 6.92 Å². The van der Waals surface area contributed by atoms with Crippen LogP contribution in [-0.4, -0.2) is 47.4 Å². The number of nitrogens with one attached hydrogen (secondary N) is 2. The number of likely N-dealkylation sites (tertiary alicyclic amines) is 1. The largest absolute Gasteiger partial charge is 0.440 e. The van der Waals surface area contributed by atoms with E-state index in [9.17, 15) is 22.8 Å². The number of carbonyl (C=O) groups excluding carboxylic acids is 2. The summed E-state index contributed by atoms with van der Waals surface area (Å²) >= 11 is 0. The van der Waals surface area contributed by atoms with Gasteiger partial charge in [-0.05, 0) is 57.1 Å². The van der Waals surface area contributed by atoms with Crippen molar-refractivity contribution in [2.45, 2.75) is 31.7 Å². The van der Waals surface area contributed by atoms with Crippen molar-refractivity contribution < 1.29 is 27.2 Å². The summed E-state index contributed by atoms with van der Waals surface area (Å²) in [7, 11) is 0. The second kappa shape index (κ2) is 9.62. The number of carbonyl (C=O) groups is 2. The summed E-state index contributed by atoms with van der Waals surface area (Å²) in [5.74, 6) is -4.77. The van der Waals surface area contributed by atoms with E-state index in [4.69, 9.17) is 4.42 Å². The van der Waals surface area contributed by atoms with Crippen molar-refractivity contribution >= 4 is 28.6 Å². The van der Waals surface area contributed by atoms with Gasteiger partial charge in [0.1, 0.15) is 5.52 Å². The third kappa shape index (κ3) is 5.00. The molecule has 1 aromatic heterocycles. The van der Waals surface area contributed by atoms with Crippen molar-refractivity contribution in [1.29, 1.82) is 0 Å². The number of nitrogens with zero attached hydrogens (tertiary/aromatic N) is 2. The summed E-state index contributed by atoms with van der Waals surface area (Å²) < 4.78 is 45.8. The van der Waals surface area contributed by atoms with Gasteiger partial charge >= 0.3 is 0 Å². The number of fused-ring (bicyclic) bond motifs is 1. The van der Waals surface area contributed by atoms with Crippen molar-refractivity contribution in [3.8, 4) is 0 Å². The fraction of sp³-hybridized carbons (Fsp3) is 0.348. The number of aromatic nitrogens is 1. The van der Waals surface area contributed by atoms with Gasteiger partial charge in [0.05, 0.1) is 18.3 Å². The maximum atomic E-state index is 13.7. The standard InChI is InChI=1S/C23H23F3N4O3/c1-13(22(32)27-12-19(31)28-17-7-6-15(24)20(25)21(17)26)30-10-8-14(9-11-30)23-29-16-4-2-3-5-18(16)33-23/h2-7,13-14H,8-12H2,1H3,(H,27,32)(H,28,31). The van der Waals surface area contributed by atoms with Gasteiger partial charge in [-0.1, -0.05) is 12.1 Å². The molecule has 4 rings (SSSR count). The van der Waals surface area contributed by atoms with Crippen molar-refractivity contribution in [1.82, 2.24) is 15.2 Å². The van der Waals surface area contributed by atoms with Gasteiger partial charge < -0.3 is 15.1 Å². The lowest BCUT2D eigenvalue weighted by Crippen LogP contribution is -2.49. The zero-order chi connectivity index (χ0) is 23.5. The van der Waals surface area contributed by atoms with E-state index in [1.807, 2.05) is 29.2 Å². The summed E-state index contributed by atoms with van der Waals surface area (Å²) in [5, 5.41) is 4.61. The number of amides is 2. The smallest absolute Gasteiger partial charge is 0.243 e. The molecule has 1 atom stereocenters. The van der Waals surface area contributed by atoms with Crippen molar-refractivity contribution in [2.24, 2.45) is 0 Å². The molecule has 1 unspecified atom stereocenters. The summed E-state index contributed by atoms with van der Waals surface area (Å²) in [6, 6.07) is 8.73. The Balaban J connectivity index is 1.25. The number of oxazole rings is 1. The van der Waals surface area contributed by atoms with Crippen LogP contribution in [0.1, 0.15) is 31.6 Å². The Morgan fingerprint density at radius 3 is 2.58 bits per heavy atom. The van der Waals surface area contributed by atoms with Crippen LogP contribution in [0, 0.1) is 17.5 Å². The Labute approximate surface area is 188 Å². The number of anilines is 1. The van der Waals surface area contributed by atoms with Crippen LogP contribution in [0.15, 0.2) is 40.8 Å². The molecule has 3 aromatic rings. The fourth-order valence-electron chi connectivity index (χ4n) is 3.90. The minimum Gasteiger partial charge on any atom is -0.440 e. The molecule has 33 heavy (non-hydrogen) atoms. The molecule has 0 spiro atoms. The lowest BCUT2D eigenvalue weighted by Gasteiger charge is -2.34. The van der Waals surface area contributed by atoms with Gasteiger partial charge in [0.2, 0.25) is 11.8 Å². The average Bonchev–Trinajstić information content (AvgIpc) is 3.27. The van der Waals surface area contributed by atoms with Crippen molar-refractivity contribution in [3.05, 3.63) is 59.7 Å². The van der Waals surface area contributed by atoms with E-state index in [1.165, 1.54) is 0 Å². The molecule has 2 amide bonds. The normalized spacial score (nSPS) is 16.0. The first-order chi connectivity index (χ1) is 15.8. The lowest BCUT2D eigenvalue weighted by molar-refractivity contribution is -0.128. The minimum absolute atomic E-state index is 0.167. The predicted molar refractivity (Wildman–Crippen MR) is 115 cm³/mol. The molecule has 10 heteroatoms. The SMILES string of the molecule is CC(C(=O)NCC(=O)Nc1ccc(F)c(F)c1F)N1CCC(c2nc3ccccc3o2)CC1. The number of rotatable bonds is 6. The topological polar surface area (TPSA) is 87.5 Å². The minimum atomic E-state index is -1.67. The van der Waals surface area contributed by atoms with Crippen LogP contribution in [0.4, 0.5) is 18.9 Å². The molecule has 2 aromatic carbocycles. The van der Waals surface area contributed by atoms with Crippen LogP contribution >= 0.6 is 0 Å². The predicted octanol–water partition coefficient (Wildman–Crippen LogP) is 3.57. The molecule has 0 saturated carbocycles. The number of benzene rings is 2. The van der Waals surface area contributed by atoms with Crippen LogP contribution in [-0.2, 0) is 9.59 Å². The quantitative estimate of drug-likeness (QED) is 0.550. The van der Waals surface area contributed by atoms with E-state index in [0.29, 0.717) is 25.0 Å². The van der Waals surface area contributed by atoms with Crippen molar-refractivity contribution in [3.63, 3.8) is 0 Å². The summed E-state index contributed by atoms with van der Waals surface area (Å²) in [6.45, 7) is 2.62. The van der Waals surface area contributed by atoms with Gasteiger partial charge in [0.15, 0.2) is 28.9 Å². The highest BCUT2D eigenvalue weighted by Gasteiger charge is 2.29. The molecule has 7 nitrogen and oxygen atoms in total. The van der Waals surface area contributed by atoms with E-state index < -0.39 is 41.6 Å². The van der Waals surface area contributed by atoms with Gasteiger partial charge in [0, 0.05) is 5.92 Å². The Kier molecular flexibility index (Phi) is 6.64. The molecule has 2 heterocycles. The monoisotopic (exact) mass is 460 g/mol. The zero-order valence-electron chi connectivity index (χ0n) is 17.9. The molecule has 174 valence electrons. The van der Waals surface area contributed by atoms with Gasteiger partial charge in [-0.15, -0.1) is 0 Å². The molecular weight excluding hydrogens is 437 g/mol. The number of para-hydroxylation sites is 2. The van der Waals surface area contributed by atoms with Crippen LogP contribution in [0.3, 0.4) is 0 Å². The third-order valence-electron chi connectivity index (χ3n) is 5.85. The van der Waals surface area contributed by atoms with E-state index in [2.05, 4.69) is 15.6 Å². The molecule has 1 aliphatic rings. The maximum Gasteiger partial charge on any atom is 0.243 e. The van der Waals surface area contributed by atoms with Crippen LogP contribution in [0.25, 0.3) is 11.1 Å². The second-order valence-corrected chi connectivity index (χ2v) is 7.99. The Hall–Kier alpha value is -3.40. The zero-order valence-corrected chi connectivity index (χ0v) is 17.9. The highest BCUT2D eigenvalue weighted by atomic mass is 19.2. The maximum absolute atomic E-state index is 13.7. The van der Waals surface area contributed by atoms with E-state index in [-0.39, 0.29) is 11.8 Å². The third-order valence-corrected chi connectivity index (χ3v) is 5.85.